The van der Waals surface area contributed by atoms with E-state index in [2.05, 4.69) is 5.10 Å². The van der Waals surface area contributed by atoms with Crippen molar-refractivity contribution < 1.29 is 19.0 Å². The van der Waals surface area contributed by atoms with Crippen molar-refractivity contribution >= 4 is 17.9 Å². The molecule has 0 saturated carbocycles. The first-order valence-corrected chi connectivity index (χ1v) is 8.64. The molecule has 0 amide bonds. The molecule has 0 saturated heterocycles. The van der Waals surface area contributed by atoms with Crippen LogP contribution in [0, 0.1) is 15.0 Å². The normalized spacial score (nSPS) is 11.9. The monoisotopic (exact) mass is 387 g/mol. The average molecular weight is 387 g/mol. The van der Waals surface area contributed by atoms with Crippen molar-refractivity contribution in [2.45, 2.75) is 13.2 Å². The standard InChI is InChI=1S/C18H18N4O4S/c1-20(11-13-6-8-16(25-2)9-7-13)12-21-18(27)26-17(19-21)14-4-3-5-15(10-14)22(23)24/h3-10H,11-12H2,1-2H3/p+1. The molecule has 0 spiro atoms. The van der Waals surface area contributed by atoms with Crippen LogP contribution in [0.3, 0.4) is 0 Å². The lowest BCUT2D eigenvalue weighted by Gasteiger charge is -2.13. The molecule has 0 aliphatic rings. The van der Waals surface area contributed by atoms with Crippen LogP contribution in [0.5, 0.6) is 5.75 Å². The fraction of sp³-hybridized carbons (Fsp3) is 0.222. The Hall–Kier alpha value is -3.04. The van der Waals surface area contributed by atoms with E-state index in [1.54, 1.807) is 23.9 Å². The minimum Gasteiger partial charge on any atom is -0.497 e. The highest BCUT2D eigenvalue weighted by molar-refractivity contribution is 7.71. The number of quaternary nitrogens is 1. The van der Waals surface area contributed by atoms with Gasteiger partial charge in [0.05, 0.1) is 19.1 Å². The fourth-order valence-electron chi connectivity index (χ4n) is 2.68. The Morgan fingerprint density at radius 1 is 1.30 bits per heavy atom. The van der Waals surface area contributed by atoms with Gasteiger partial charge in [-0.15, -0.1) is 5.10 Å². The van der Waals surface area contributed by atoms with E-state index in [-0.39, 0.29) is 16.4 Å². The molecule has 1 unspecified atom stereocenters. The van der Waals surface area contributed by atoms with Crippen molar-refractivity contribution in [2.24, 2.45) is 0 Å². The van der Waals surface area contributed by atoms with Gasteiger partial charge in [0.1, 0.15) is 12.3 Å². The summed E-state index contributed by atoms with van der Waals surface area (Å²) in [7, 11) is 3.66. The molecule has 0 radical (unpaired) electrons. The van der Waals surface area contributed by atoms with Gasteiger partial charge in [0.15, 0.2) is 6.67 Å². The van der Waals surface area contributed by atoms with Crippen LogP contribution in [0.1, 0.15) is 5.56 Å². The highest BCUT2D eigenvalue weighted by atomic mass is 32.1. The Morgan fingerprint density at radius 2 is 2.04 bits per heavy atom. The number of benzene rings is 2. The van der Waals surface area contributed by atoms with Gasteiger partial charge in [-0.05, 0) is 42.5 Å². The second kappa shape index (κ2) is 8.11. The lowest BCUT2D eigenvalue weighted by molar-refractivity contribution is -0.917. The maximum atomic E-state index is 10.9. The smallest absolute Gasteiger partial charge is 0.292 e. The summed E-state index contributed by atoms with van der Waals surface area (Å²) in [4.78, 5) is 11.9. The van der Waals surface area contributed by atoms with Crippen LogP contribution in [0.25, 0.3) is 11.5 Å². The summed E-state index contributed by atoms with van der Waals surface area (Å²) >= 11 is 5.24. The number of methoxy groups -OCH3 is 1. The van der Waals surface area contributed by atoms with E-state index in [1.807, 2.05) is 31.3 Å². The predicted molar refractivity (Wildman–Crippen MR) is 101 cm³/mol. The highest BCUT2D eigenvalue weighted by Crippen LogP contribution is 2.22. The number of nitrogens with one attached hydrogen (secondary N) is 1. The molecule has 9 heteroatoms. The van der Waals surface area contributed by atoms with E-state index in [4.69, 9.17) is 21.4 Å². The summed E-state index contributed by atoms with van der Waals surface area (Å²) < 4.78 is 12.3. The van der Waals surface area contributed by atoms with Crippen molar-refractivity contribution in [3.8, 4) is 17.2 Å². The zero-order valence-electron chi connectivity index (χ0n) is 14.9. The van der Waals surface area contributed by atoms with E-state index in [1.165, 1.54) is 12.1 Å². The highest BCUT2D eigenvalue weighted by Gasteiger charge is 2.14. The molecule has 0 aliphatic carbocycles. The van der Waals surface area contributed by atoms with Gasteiger partial charge < -0.3 is 14.1 Å². The Kier molecular flexibility index (Phi) is 5.63. The number of aromatic nitrogens is 2. The minimum absolute atomic E-state index is 0.0228. The maximum Gasteiger partial charge on any atom is 0.292 e. The largest absolute Gasteiger partial charge is 0.497 e. The lowest BCUT2D eigenvalue weighted by Crippen LogP contribution is -3.07. The van der Waals surface area contributed by atoms with Crippen molar-refractivity contribution in [1.29, 1.82) is 0 Å². The topological polar surface area (TPSA) is 87.8 Å². The number of nitro benzene ring substituents is 1. The summed E-state index contributed by atoms with van der Waals surface area (Å²) in [6, 6.07) is 14.0. The second-order valence-corrected chi connectivity index (χ2v) is 6.47. The van der Waals surface area contributed by atoms with Crippen molar-refractivity contribution in [2.75, 3.05) is 14.2 Å². The quantitative estimate of drug-likeness (QED) is 0.381. The summed E-state index contributed by atoms with van der Waals surface area (Å²) in [6.07, 6.45) is 0. The first-order valence-electron chi connectivity index (χ1n) is 8.23. The SMILES string of the molecule is COc1ccc(C[NH+](C)Cn2nc(-c3cccc([N+](=O)[O-])c3)oc2=S)cc1. The number of hydrogen-bond donors (Lipinski definition) is 1. The summed E-state index contributed by atoms with van der Waals surface area (Å²) in [6.45, 7) is 1.27. The van der Waals surface area contributed by atoms with Crippen molar-refractivity contribution in [1.82, 2.24) is 9.78 Å². The molecule has 1 atom stereocenters. The number of rotatable bonds is 7. The predicted octanol–water partition coefficient (Wildman–Crippen LogP) is 2.46. The lowest BCUT2D eigenvalue weighted by atomic mass is 10.2. The van der Waals surface area contributed by atoms with Gasteiger partial charge in [0.25, 0.3) is 10.5 Å². The molecule has 140 valence electrons. The molecule has 0 bridgehead atoms. The molecular weight excluding hydrogens is 368 g/mol. The number of ether oxygens (including phenoxy) is 1. The van der Waals surface area contributed by atoms with Gasteiger partial charge in [-0.3, -0.25) is 10.1 Å². The van der Waals surface area contributed by atoms with Crippen LogP contribution in [-0.4, -0.2) is 28.9 Å². The van der Waals surface area contributed by atoms with Gasteiger partial charge >= 0.3 is 0 Å². The number of hydrogen-bond acceptors (Lipinski definition) is 6. The van der Waals surface area contributed by atoms with Crippen molar-refractivity contribution in [3.05, 3.63) is 69.0 Å². The molecule has 0 fully saturated rings. The third-order valence-corrected chi connectivity index (χ3v) is 4.29. The minimum atomic E-state index is -0.456. The second-order valence-electron chi connectivity index (χ2n) is 6.12. The van der Waals surface area contributed by atoms with Gasteiger partial charge in [0.2, 0.25) is 5.89 Å². The Labute approximate surface area is 160 Å². The fourth-order valence-corrected chi connectivity index (χ4v) is 2.86. The van der Waals surface area contributed by atoms with Crippen molar-refractivity contribution in [3.63, 3.8) is 0 Å². The third kappa shape index (κ3) is 4.57. The Bertz CT molecular complexity index is 997. The molecule has 27 heavy (non-hydrogen) atoms. The summed E-state index contributed by atoms with van der Waals surface area (Å²) in [5.41, 5.74) is 1.65. The van der Waals surface area contributed by atoms with Crippen LogP contribution >= 0.6 is 12.2 Å². The van der Waals surface area contributed by atoms with Crippen LogP contribution < -0.4 is 9.64 Å². The van der Waals surface area contributed by atoms with E-state index in [9.17, 15) is 10.1 Å². The number of nitrogens with zero attached hydrogens (tertiary/aromatic N) is 3. The molecular formula is C18H19N4O4S+. The molecule has 1 heterocycles. The van der Waals surface area contributed by atoms with Crippen LogP contribution in [0.15, 0.2) is 52.9 Å². The molecule has 0 aliphatic heterocycles. The zero-order valence-corrected chi connectivity index (χ0v) is 15.7. The van der Waals surface area contributed by atoms with Gasteiger partial charge in [-0.25, -0.2) is 0 Å². The van der Waals surface area contributed by atoms with Crippen LogP contribution in [0.2, 0.25) is 0 Å². The maximum absolute atomic E-state index is 10.9. The molecule has 2 aromatic carbocycles. The van der Waals surface area contributed by atoms with Gasteiger partial charge in [-0.2, -0.15) is 4.68 Å². The third-order valence-electron chi connectivity index (χ3n) is 3.99. The van der Waals surface area contributed by atoms with Gasteiger partial charge in [-0.1, -0.05) is 6.07 Å². The van der Waals surface area contributed by atoms with Crippen LogP contribution in [-0.2, 0) is 13.2 Å². The Morgan fingerprint density at radius 3 is 2.70 bits per heavy atom. The zero-order chi connectivity index (χ0) is 19.4. The number of non-ortho nitro benzene ring substituents is 1. The van der Waals surface area contributed by atoms with Crippen LogP contribution in [0.4, 0.5) is 5.69 Å². The van der Waals surface area contributed by atoms with E-state index >= 15 is 0 Å². The number of nitro groups is 1. The van der Waals surface area contributed by atoms with E-state index in [0.717, 1.165) is 22.8 Å². The first-order chi connectivity index (χ1) is 13.0. The molecule has 1 aromatic heterocycles. The molecule has 1 N–H and O–H groups in total. The summed E-state index contributed by atoms with van der Waals surface area (Å²) in [5.74, 6) is 1.08. The summed E-state index contributed by atoms with van der Waals surface area (Å²) in [5, 5.41) is 15.3. The average Bonchev–Trinajstić information content (AvgIpc) is 3.03. The first kappa shape index (κ1) is 18.7. The van der Waals surface area contributed by atoms with E-state index < -0.39 is 4.92 Å². The van der Waals surface area contributed by atoms with Gasteiger partial charge in [0, 0.05) is 23.3 Å². The van der Waals surface area contributed by atoms with E-state index in [0.29, 0.717) is 12.2 Å². The Balaban J connectivity index is 1.73. The molecule has 3 aromatic rings. The molecule has 3 rings (SSSR count). The molecule has 8 nitrogen and oxygen atoms in total.